The predicted octanol–water partition coefficient (Wildman–Crippen LogP) is 4.81. The molecule has 1 N–H and O–H groups in total. The number of nitrogens with zero attached hydrogens (tertiary/aromatic N) is 1. The number of rotatable bonds is 8. The van der Waals surface area contributed by atoms with Gasteiger partial charge in [0.2, 0.25) is 5.91 Å². The average Bonchev–Trinajstić information content (AvgIpc) is 3.60. The molecular weight excluding hydrogens is 428 g/mol. The molecule has 7 nitrogen and oxygen atoms in total. The first kappa shape index (κ1) is 22.0. The van der Waals surface area contributed by atoms with Crippen molar-refractivity contribution in [1.82, 2.24) is 5.32 Å². The number of nitrogens with one attached hydrogen (secondary N) is 1. The van der Waals surface area contributed by atoms with E-state index in [2.05, 4.69) is 5.32 Å². The molecule has 1 aliphatic rings. The van der Waals surface area contributed by atoms with Crippen LogP contribution in [0.4, 0.5) is 5.69 Å². The van der Waals surface area contributed by atoms with Crippen LogP contribution < -0.4 is 19.7 Å². The first-order chi connectivity index (χ1) is 15.6. The van der Waals surface area contributed by atoms with Crippen molar-refractivity contribution < 1.29 is 23.5 Å². The third-order valence-electron chi connectivity index (χ3n) is 5.62. The van der Waals surface area contributed by atoms with Crippen LogP contribution in [0, 0.1) is 0 Å². The van der Waals surface area contributed by atoms with Crippen molar-refractivity contribution in [1.29, 1.82) is 0 Å². The summed E-state index contributed by atoms with van der Waals surface area (Å²) in [4.78, 5) is 29.5. The number of hydrogen-bond acceptors (Lipinski definition) is 6. The zero-order valence-corrected chi connectivity index (χ0v) is 18.9. The first-order valence-corrected chi connectivity index (χ1v) is 11.4. The van der Waals surface area contributed by atoms with Crippen molar-refractivity contribution in [3.05, 3.63) is 64.7 Å². The standard InChI is InChI=1S/C24H26N2O5S/c1-29-17-11-12-18(20(15-17)30-2)26(24(28)19-9-5-13-31-19)22(21-10-6-14-32-21)23(27)25-16-7-3-4-8-16/h5-6,9-16,22H,3-4,7-8H2,1-2H3,(H,25,27)/t22-/m1/s1. The van der Waals surface area contributed by atoms with Crippen LogP contribution in [-0.4, -0.2) is 32.1 Å². The summed E-state index contributed by atoms with van der Waals surface area (Å²) in [6.45, 7) is 0. The molecule has 0 saturated heterocycles. The van der Waals surface area contributed by atoms with E-state index in [9.17, 15) is 9.59 Å². The lowest BCUT2D eigenvalue weighted by Gasteiger charge is -2.31. The van der Waals surface area contributed by atoms with E-state index in [0.29, 0.717) is 17.2 Å². The van der Waals surface area contributed by atoms with Crippen molar-refractivity contribution >= 4 is 28.8 Å². The van der Waals surface area contributed by atoms with E-state index in [-0.39, 0.29) is 17.7 Å². The highest BCUT2D eigenvalue weighted by Crippen LogP contribution is 2.39. The second kappa shape index (κ2) is 9.91. The highest BCUT2D eigenvalue weighted by atomic mass is 32.1. The lowest BCUT2D eigenvalue weighted by molar-refractivity contribution is -0.123. The zero-order valence-electron chi connectivity index (χ0n) is 18.1. The average molecular weight is 455 g/mol. The van der Waals surface area contributed by atoms with Crippen LogP contribution in [0.15, 0.2) is 58.5 Å². The van der Waals surface area contributed by atoms with Gasteiger partial charge in [-0.25, -0.2) is 0 Å². The summed E-state index contributed by atoms with van der Waals surface area (Å²) in [6, 6.07) is 11.4. The summed E-state index contributed by atoms with van der Waals surface area (Å²) in [5, 5.41) is 5.05. The van der Waals surface area contributed by atoms with Crippen LogP contribution in [0.2, 0.25) is 0 Å². The number of carbonyl (C=O) groups is 2. The molecule has 4 rings (SSSR count). The highest BCUT2D eigenvalue weighted by Gasteiger charge is 2.37. The Morgan fingerprint density at radius 3 is 2.56 bits per heavy atom. The zero-order chi connectivity index (χ0) is 22.5. The summed E-state index contributed by atoms with van der Waals surface area (Å²) in [6.07, 6.45) is 5.52. The quantitative estimate of drug-likeness (QED) is 0.529. The van der Waals surface area contributed by atoms with Crippen LogP contribution in [0.3, 0.4) is 0 Å². The first-order valence-electron chi connectivity index (χ1n) is 10.5. The molecule has 8 heteroatoms. The largest absolute Gasteiger partial charge is 0.497 e. The number of carbonyl (C=O) groups excluding carboxylic acids is 2. The summed E-state index contributed by atoms with van der Waals surface area (Å²) >= 11 is 1.43. The van der Waals surface area contributed by atoms with Gasteiger partial charge in [-0.1, -0.05) is 18.9 Å². The molecule has 1 aromatic carbocycles. The second-order valence-corrected chi connectivity index (χ2v) is 8.58. The number of benzene rings is 1. The van der Waals surface area contributed by atoms with Gasteiger partial charge in [0.05, 0.1) is 26.2 Å². The number of hydrogen-bond donors (Lipinski definition) is 1. The fraction of sp³-hybridized carbons (Fsp3) is 0.333. The van der Waals surface area contributed by atoms with Gasteiger partial charge in [0, 0.05) is 17.0 Å². The molecule has 0 unspecified atom stereocenters. The van der Waals surface area contributed by atoms with Crippen molar-refractivity contribution in [2.45, 2.75) is 37.8 Å². The molecule has 2 amide bonds. The van der Waals surface area contributed by atoms with Crippen LogP contribution in [0.25, 0.3) is 0 Å². The summed E-state index contributed by atoms with van der Waals surface area (Å²) in [5.41, 5.74) is 0.453. The monoisotopic (exact) mass is 454 g/mol. The minimum atomic E-state index is -0.879. The molecule has 32 heavy (non-hydrogen) atoms. The fourth-order valence-electron chi connectivity index (χ4n) is 4.04. The molecule has 0 bridgehead atoms. The molecule has 0 radical (unpaired) electrons. The molecule has 168 valence electrons. The molecular formula is C24H26N2O5S. The van der Waals surface area contributed by atoms with Gasteiger partial charge in [0.1, 0.15) is 11.5 Å². The SMILES string of the molecule is COc1ccc(N(C(=O)c2ccco2)[C@@H](C(=O)NC2CCCC2)c2cccs2)c(OC)c1. The third-order valence-corrected chi connectivity index (χ3v) is 6.54. The number of thiophene rings is 1. The summed E-state index contributed by atoms with van der Waals surface area (Å²) in [7, 11) is 3.08. The number of anilines is 1. The maximum absolute atomic E-state index is 13.7. The predicted molar refractivity (Wildman–Crippen MR) is 123 cm³/mol. The highest BCUT2D eigenvalue weighted by molar-refractivity contribution is 7.10. The van der Waals surface area contributed by atoms with Gasteiger partial charge in [-0.05, 0) is 48.6 Å². The number of amides is 2. The van der Waals surface area contributed by atoms with Crippen LogP contribution in [0.1, 0.15) is 47.2 Å². The van der Waals surface area contributed by atoms with Crippen molar-refractivity contribution in [3.63, 3.8) is 0 Å². The molecule has 2 heterocycles. The number of furan rings is 1. The lowest BCUT2D eigenvalue weighted by atomic mass is 10.1. The number of methoxy groups -OCH3 is 2. The Bertz CT molecular complexity index is 1040. The fourth-order valence-corrected chi connectivity index (χ4v) is 4.85. The smallest absolute Gasteiger partial charge is 0.295 e. The van der Waals surface area contributed by atoms with Gasteiger partial charge in [0.15, 0.2) is 11.8 Å². The van der Waals surface area contributed by atoms with Gasteiger partial charge in [-0.3, -0.25) is 14.5 Å². The molecule has 1 atom stereocenters. The van der Waals surface area contributed by atoms with E-state index in [0.717, 1.165) is 30.6 Å². The van der Waals surface area contributed by atoms with Gasteiger partial charge in [-0.2, -0.15) is 0 Å². The molecule has 0 spiro atoms. The van der Waals surface area contributed by atoms with E-state index < -0.39 is 11.9 Å². The molecule has 1 fully saturated rings. The van der Waals surface area contributed by atoms with Crippen LogP contribution in [-0.2, 0) is 4.79 Å². The Morgan fingerprint density at radius 2 is 1.94 bits per heavy atom. The van der Waals surface area contributed by atoms with Crippen molar-refractivity contribution in [2.24, 2.45) is 0 Å². The van der Waals surface area contributed by atoms with Gasteiger partial charge < -0.3 is 19.2 Å². The van der Waals surface area contributed by atoms with E-state index in [1.165, 1.54) is 29.6 Å². The van der Waals surface area contributed by atoms with Crippen LogP contribution in [0.5, 0.6) is 11.5 Å². The van der Waals surface area contributed by atoms with E-state index in [4.69, 9.17) is 13.9 Å². The van der Waals surface area contributed by atoms with Crippen molar-refractivity contribution in [2.75, 3.05) is 19.1 Å². The Kier molecular flexibility index (Phi) is 6.80. The number of ether oxygens (including phenoxy) is 2. The summed E-state index contributed by atoms with van der Waals surface area (Å²) in [5.74, 6) is 0.479. The maximum atomic E-state index is 13.7. The van der Waals surface area contributed by atoms with Gasteiger partial charge >= 0.3 is 0 Å². The van der Waals surface area contributed by atoms with Crippen molar-refractivity contribution in [3.8, 4) is 11.5 Å². The molecule has 2 aromatic heterocycles. The summed E-state index contributed by atoms with van der Waals surface area (Å²) < 4.78 is 16.3. The maximum Gasteiger partial charge on any atom is 0.295 e. The third kappa shape index (κ3) is 4.50. The van der Waals surface area contributed by atoms with E-state index in [1.54, 1.807) is 37.4 Å². The lowest BCUT2D eigenvalue weighted by Crippen LogP contribution is -2.46. The molecule has 3 aromatic rings. The second-order valence-electron chi connectivity index (χ2n) is 7.60. The minimum Gasteiger partial charge on any atom is -0.497 e. The Morgan fingerprint density at radius 1 is 1.12 bits per heavy atom. The van der Waals surface area contributed by atoms with Crippen LogP contribution >= 0.6 is 11.3 Å². The van der Waals surface area contributed by atoms with E-state index >= 15 is 0 Å². The van der Waals surface area contributed by atoms with Gasteiger partial charge in [-0.15, -0.1) is 11.3 Å². The Labute approximate surface area is 190 Å². The topological polar surface area (TPSA) is 81.0 Å². The minimum absolute atomic E-state index is 0.114. The Hall–Kier alpha value is -3.26. The molecule has 1 aliphatic carbocycles. The molecule has 1 saturated carbocycles. The molecule has 0 aliphatic heterocycles. The van der Waals surface area contributed by atoms with Gasteiger partial charge in [0.25, 0.3) is 5.91 Å². The van der Waals surface area contributed by atoms with E-state index in [1.807, 2.05) is 17.5 Å². The Balaban J connectivity index is 1.82. The normalized spacial score (nSPS) is 14.7.